The van der Waals surface area contributed by atoms with Gasteiger partial charge in [0.25, 0.3) is 0 Å². The van der Waals surface area contributed by atoms with E-state index >= 15 is 0 Å². The highest BCUT2D eigenvalue weighted by molar-refractivity contribution is 5.81. The second kappa shape index (κ2) is 9.41. The molecule has 1 aliphatic heterocycles. The fraction of sp³-hybridized carbons (Fsp3) is 0.417. The molecule has 1 N–H and O–H groups in total. The molecule has 0 radical (unpaired) electrons. The van der Waals surface area contributed by atoms with Gasteiger partial charge in [-0.15, -0.1) is 0 Å². The van der Waals surface area contributed by atoms with E-state index in [0.717, 1.165) is 61.6 Å². The summed E-state index contributed by atoms with van der Waals surface area (Å²) >= 11 is 0. The van der Waals surface area contributed by atoms with E-state index in [9.17, 15) is 4.79 Å². The summed E-state index contributed by atoms with van der Waals surface area (Å²) in [6.07, 6.45) is 0.797. The van der Waals surface area contributed by atoms with Crippen LogP contribution in [0.3, 0.4) is 0 Å². The number of hydrogen-bond donors (Lipinski definition) is 1. The smallest absolute Gasteiger partial charge is 0.240 e. The second-order valence-corrected chi connectivity index (χ2v) is 8.09. The lowest BCUT2D eigenvalue weighted by atomic mass is 10.1. The predicted molar refractivity (Wildman–Crippen MR) is 120 cm³/mol. The first kappa shape index (κ1) is 20.6. The summed E-state index contributed by atoms with van der Waals surface area (Å²) in [5.74, 6) is 0.970. The summed E-state index contributed by atoms with van der Waals surface area (Å²) in [5.41, 5.74) is 3.11. The number of nitrogens with zero attached hydrogens (tertiary/aromatic N) is 4. The lowest BCUT2D eigenvalue weighted by Gasteiger charge is -2.35. The summed E-state index contributed by atoms with van der Waals surface area (Å²) < 4.78 is 2.04. The summed E-state index contributed by atoms with van der Waals surface area (Å²) in [6, 6.07) is 18.3. The zero-order valence-corrected chi connectivity index (χ0v) is 17.9. The molecular formula is C24H31N5O. The van der Waals surface area contributed by atoms with Crippen molar-refractivity contribution < 1.29 is 4.79 Å². The lowest BCUT2D eigenvalue weighted by Crippen LogP contribution is -2.48. The van der Waals surface area contributed by atoms with Gasteiger partial charge in [0.1, 0.15) is 12.4 Å². The van der Waals surface area contributed by atoms with Crippen LogP contribution in [-0.2, 0) is 17.8 Å². The fourth-order valence-electron chi connectivity index (χ4n) is 4.16. The molecule has 0 aliphatic carbocycles. The number of piperazine rings is 1. The number of benzene rings is 2. The Balaban J connectivity index is 1.51. The molecule has 0 spiro atoms. The van der Waals surface area contributed by atoms with Crippen molar-refractivity contribution in [2.24, 2.45) is 0 Å². The van der Waals surface area contributed by atoms with Crippen LogP contribution < -0.4 is 5.32 Å². The third-order valence-corrected chi connectivity index (χ3v) is 5.93. The molecule has 1 amide bonds. The van der Waals surface area contributed by atoms with E-state index in [1.54, 1.807) is 0 Å². The number of likely N-dealkylation sites (N-methyl/N-ethyl adjacent to an activating group) is 1. The molecule has 4 rings (SSSR count). The Bertz CT molecular complexity index is 976. The summed E-state index contributed by atoms with van der Waals surface area (Å²) in [7, 11) is 2.16. The maximum Gasteiger partial charge on any atom is 0.240 e. The molecule has 30 heavy (non-hydrogen) atoms. The van der Waals surface area contributed by atoms with E-state index in [1.165, 1.54) is 0 Å². The van der Waals surface area contributed by atoms with Crippen molar-refractivity contribution in [1.29, 1.82) is 0 Å². The van der Waals surface area contributed by atoms with Gasteiger partial charge in [-0.05, 0) is 24.7 Å². The number of imidazole rings is 1. The van der Waals surface area contributed by atoms with Crippen LogP contribution in [0.1, 0.15) is 24.4 Å². The number of carbonyl (C=O) groups is 1. The van der Waals surface area contributed by atoms with Gasteiger partial charge in [0.2, 0.25) is 5.91 Å². The van der Waals surface area contributed by atoms with E-state index in [2.05, 4.69) is 41.2 Å². The number of aromatic nitrogens is 2. The van der Waals surface area contributed by atoms with Gasteiger partial charge >= 0.3 is 0 Å². The molecule has 1 fully saturated rings. The largest absolute Gasteiger partial charge is 0.346 e. The molecular weight excluding hydrogens is 374 g/mol. The Morgan fingerprint density at radius 2 is 1.73 bits per heavy atom. The van der Waals surface area contributed by atoms with Gasteiger partial charge in [0.05, 0.1) is 17.1 Å². The first-order valence-electron chi connectivity index (χ1n) is 10.8. The van der Waals surface area contributed by atoms with E-state index in [0.29, 0.717) is 0 Å². The average molecular weight is 406 g/mol. The predicted octanol–water partition coefficient (Wildman–Crippen LogP) is 2.70. The van der Waals surface area contributed by atoms with Crippen LogP contribution in [0.15, 0.2) is 54.6 Å². The maximum absolute atomic E-state index is 13.1. The van der Waals surface area contributed by atoms with Crippen LogP contribution in [0.4, 0.5) is 0 Å². The number of aryl methyl sites for hydroxylation is 1. The maximum atomic E-state index is 13.1. The quantitative estimate of drug-likeness (QED) is 0.657. The fourth-order valence-corrected chi connectivity index (χ4v) is 4.16. The molecule has 0 bridgehead atoms. The molecule has 1 saturated heterocycles. The number of amides is 1. The highest BCUT2D eigenvalue weighted by Crippen LogP contribution is 2.18. The minimum atomic E-state index is -0.0260. The topological polar surface area (TPSA) is 53.4 Å². The third-order valence-electron chi connectivity index (χ3n) is 5.93. The monoisotopic (exact) mass is 405 g/mol. The van der Waals surface area contributed by atoms with Crippen LogP contribution >= 0.6 is 0 Å². The SMILES string of the molecule is CCc1nc2ccccc2n1CC(=O)NC(CN1CCN(C)CC1)c1ccccc1. The number of para-hydroxylation sites is 2. The number of rotatable bonds is 7. The van der Waals surface area contributed by atoms with Gasteiger partial charge in [0.15, 0.2) is 0 Å². The molecule has 6 nitrogen and oxygen atoms in total. The molecule has 0 saturated carbocycles. The summed E-state index contributed by atoms with van der Waals surface area (Å²) in [4.78, 5) is 22.6. The molecule has 3 aromatic rings. The highest BCUT2D eigenvalue weighted by Gasteiger charge is 2.22. The van der Waals surface area contributed by atoms with Gasteiger partial charge in [0, 0.05) is 39.1 Å². The molecule has 2 aromatic carbocycles. The van der Waals surface area contributed by atoms with Crippen LogP contribution in [0.25, 0.3) is 11.0 Å². The second-order valence-electron chi connectivity index (χ2n) is 8.09. The van der Waals surface area contributed by atoms with Crippen molar-refractivity contribution in [3.05, 3.63) is 66.0 Å². The van der Waals surface area contributed by atoms with Gasteiger partial charge in [-0.25, -0.2) is 4.98 Å². The molecule has 1 unspecified atom stereocenters. The van der Waals surface area contributed by atoms with Crippen molar-refractivity contribution in [3.63, 3.8) is 0 Å². The molecule has 1 aromatic heterocycles. The number of hydrogen-bond acceptors (Lipinski definition) is 4. The van der Waals surface area contributed by atoms with Crippen LogP contribution in [-0.4, -0.2) is 65.0 Å². The van der Waals surface area contributed by atoms with E-state index in [-0.39, 0.29) is 18.5 Å². The van der Waals surface area contributed by atoms with E-state index in [1.807, 2.05) is 47.0 Å². The van der Waals surface area contributed by atoms with E-state index < -0.39 is 0 Å². The van der Waals surface area contributed by atoms with Crippen molar-refractivity contribution in [2.75, 3.05) is 39.8 Å². The molecule has 1 atom stereocenters. The number of carbonyl (C=O) groups excluding carboxylic acids is 1. The Hall–Kier alpha value is -2.70. The molecule has 2 heterocycles. The Morgan fingerprint density at radius 3 is 2.47 bits per heavy atom. The lowest BCUT2D eigenvalue weighted by molar-refractivity contribution is -0.122. The summed E-state index contributed by atoms with van der Waals surface area (Å²) in [6.45, 7) is 7.39. The standard InChI is InChI=1S/C24H31N5O/c1-3-23-25-20-11-7-8-12-22(20)29(23)18-24(30)26-21(19-9-5-4-6-10-19)17-28-15-13-27(2)14-16-28/h4-12,21H,3,13-18H2,1-2H3,(H,26,30). The van der Waals surface area contributed by atoms with Gasteiger partial charge in [-0.1, -0.05) is 49.4 Å². The van der Waals surface area contributed by atoms with Gasteiger partial charge in [-0.2, -0.15) is 0 Å². The van der Waals surface area contributed by atoms with Crippen LogP contribution in [0, 0.1) is 0 Å². The van der Waals surface area contributed by atoms with Crippen molar-refractivity contribution in [3.8, 4) is 0 Å². The van der Waals surface area contributed by atoms with Crippen molar-refractivity contribution in [2.45, 2.75) is 25.9 Å². The minimum Gasteiger partial charge on any atom is -0.346 e. The zero-order chi connectivity index (χ0) is 20.9. The first-order chi connectivity index (χ1) is 14.6. The van der Waals surface area contributed by atoms with E-state index in [4.69, 9.17) is 4.98 Å². The summed E-state index contributed by atoms with van der Waals surface area (Å²) in [5, 5.41) is 3.30. The van der Waals surface area contributed by atoms with Crippen LogP contribution in [0.2, 0.25) is 0 Å². The van der Waals surface area contributed by atoms with Gasteiger partial charge < -0.3 is 14.8 Å². The normalized spacial score (nSPS) is 16.6. The number of nitrogens with one attached hydrogen (secondary N) is 1. The molecule has 1 aliphatic rings. The van der Waals surface area contributed by atoms with Crippen molar-refractivity contribution >= 4 is 16.9 Å². The highest BCUT2D eigenvalue weighted by atomic mass is 16.2. The van der Waals surface area contributed by atoms with Crippen molar-refractivity contribution in [1.82, 2.24) is 24.7 Å². The Labute approximate surface area is 178 Å². The minimum absolute atomic E-state index is 0.0239. The van der Waals surface area contributed by atoms with Gasteiger partial charge in [-0.3, -0.25) is 9.69 Å². The third kappa shape index (κ3) is 4.71. The average Bonchev–Trinajstić information content (AvgIpc) is 3.13. The zero-order valence-electron chi connectivity index (χ0n) is 17.9. The Kier molecular flexibility index (Phi) is 6.45. The Morgan fingerprint density at radius 1 is 1.03 bits per heavy atom. The molecule has 6 heteroatoms. The first-order valence-corrected chi connectivity index (χ1v) is 10.8. The van der Waals surface area contributed by atoms with Crippen LogP contribution in [0.5, 0.6) is 0 Å². The molecule has 158 valence electrons. The number of fused-ring (bicyclic) bond motifs is 1.